The second-order valence-electron chi connectivity index (χ2n) is 4.26. The lowest BCUT2D eigenvalue weighted by molar-refractivity contribution is 1.11. The molecule has 0 atom stereocenters. The van der Waals surface area contributed by atoms with Crippen molar-refractivity contribution in [2.75, 3.05) is 17.2 Å². The van der Waals surface area contributed by atoms with E-state index in [1.807, 2.05) is 13.0 Å². The molecule has 0 aliphatic carbocycles. The largest absolute Gasteiger partial charge is 0.370 e. The van der Waals surface area contributed by atoms with Gasteiger partial charge in [0.25, 0.3) is 0 Å². The molecule has 2 N–H and O–H groups in total. The lowest BCUT2D eigenvalue weighted by Gasteiger charge is -2.10. The molecule has 0 fully saturated rings. The zero-order chi connectivity index (χ0) is 13.0. The van der Waals surface area contributed by atoms with Gasteiger partial charge in [0.2, 0.25) is 0 Å². The van der Waals surface area contributed by atoms with Crippen molar-refractivity contribution in [3.63, 3.8) is 0 Å². The molecule has 1 heterocycles. The smallest absolute Gasteiger partial charge is 0.135 e. The summed E-state index contributed by atoms with van der Waals surface area (Å²) in [6.07, 6.45) is 1.56. The zero-order valence-corrected chi connectivity index (χ0v) is 11.0. The average molecular weight is 242 g/mol. The molecule has 1 aromatic carbocycles. The second-order valence-corrected chi connectivity index (χ2v) is 4.26. The third-order valence-corrected chi connectivity index (χ3v) is 2.67. The summed E-state index contributed by atoms with van der Waals surface area (Å²) < 4.78 is 0. The third kappa shape index (κ3) is 2.97. The van der Waals surface area contributed by atoms with Crippen molar-refractivity contribution in [1.82, 2.24) is 9.97 Å². The summed E-state index contributed by atoms with van der Waals surface area (Å²) in [7, 11) is 0. The number of aryl methyl sites for hydroxylation is 2. The molecular formula is C14H18N4. The van der Waals surface area contributed by atoms with E-state index in [1.54, 1.807) is 6.33 Å². The van der Waals surface area contributed by atoms with Gasteiger partial charge in [-0.25, -0.2) is 9.97 Å². The number of nitrogens with zero attached hydrogens (tertiary/aromatic N) is 2. The van der Waals surface area contributed by atoms with Gasteiger partial charge in [0.1, 0.15) is 18.0 Å². The fourth-order valence-electron chi connectivity index (χ4n) is 1.80. The molecule has 0 amide bonds. The first-order valence-electron chi connectivity index (χ1n) is 6.09. The highest BCUT2D eigenvalue weighted by atomic mass is 15.1. The maximum Gasteiger partial charge on any atom is 0.135 e. The van der Waals surface area contributed by atoms with E-state index < -0.39 is 0 Å². The quantitative estimate of drug-likeness (QED) is 0.864. The molecule has 0 aliphatic heterocycles. The monoisotopic (exact) mass is 242 g/mol. The molecule has 0 aliphatic rings. The topological polar surface area (TPSA) is 49.8 Å². The number of nitrogens with one attached hydrogen (secondary N) is 2. The van der Waals surface area contributed by atoms with E-state index in [0.29, 0.717) is 0 Å². The van der Waals surface area contributed by atoms with Crippen molar-refractivity contribution < 1.29 is 0 Å². The van der Waals surface area contributed by atoms with Crippen LogP contribution in [0, 0.1) is 13.8 Å². The maximum atomic E-state index is 4.22. The Labute approximate surface area is 107 Å². The first-order chi connectivity index (χ1) is 8.69. The van der Waals surface area contributed by atoms with E-state index in [4.69, 9.17) is 0 Å². The number of benzene rings is 1. The molecular weight excluding hydrogens is 224 g/mol. The van der Waals surface area contributed by atoms with E-state index in [-0.39, 0.29) is 0 Å². The fourth-order valence-corrected chi connectivity index (χ4v) is 1.80. The van der Waals surface area contributed by atoms with E-state index >= 15 is 0 Å². The summed E-state index contributed by atoms with van der Waals surface area (Å²) in [6.45, 7) is 7.06. The molecule has 4 nitrogen and oxygen atoms in total. The summed E-state index contributed by atoms with van der Waals surface area (Å²) in [6, 6.07) is 8.21. The second kappa shape index (κ2) is 5.49. The molecule has 94 valence electrons. The van der Waals surface area contributed by atoms with Crippen molar-refractivity contribution in [2.45, 2.75) is 20.8 Å². The van der Waals surface area contributed by atoms with Gasteiger partial charge in [-0.1, -0.05) is 17.7 Å². The summed E-state index contributed by atoms with van der Waals surface area (Å²) in [5.74, 6) is 1.63. The highest BCUT2D eigenvalue weighted by molar-refractivity contribution is 5.62. The standard InChI is InChI=1S/C14H18N4/c1-4-15-13-8-14(17-9-16-13)18-12-6-5-10(2)7-11(12)3/h5-9H,4H2,1-3H3,(H2,15,16,17,18). The van der Waals surface area contributed by atoms with Gasteiger partial charge in [-0.15, -0.1) is 0 Å². The molecule has 0 bridgehead atoms. The van der Waals surface area contributed by atoms with Crippen LogP contribution in [0.4, 0.5) is 17.3 Å². The van der Waals surface area contributed by atoms with Gasteiger partial charge in [0.05, 0.1) is 0 Å². The van der Waals surface area contributed by atoms with Crippen molar-refractivity contribution >= 4 is 17.3 Å². The van der Waals surface area contributed by atoms with Crippen LogP contribution in [0.5, 0.6) is 0 Å². The zero-order valence-electron chi connectivity index (χ0n) is 11.0. The number of hydrogen-bond donors (Lipinski definition) is 2. The molecule has 0 spiro atoms. The van der Waals surface area contributed by atoms with Crippen LogP contribution in [-0.2, 0) is 0 Å². The van der Waals surface area contributed by atoms with Gasteiger partial charge in [0, 0.05) is 18.3 Å². The Balaban J connectivity index is 2.20. The Hall–Kier alpha value is -2.10. The minimum atomic E-state index is 0.799. The van der Waals surface area contributed by atoms with Crippen LogP contribution in [0.3, 0.4) is 0 Å². The Bertz CT molecular complexity index is 537. The molecule has 1 aromatic heterocycles. The summed E-state index contributed by atoms with van der Waals surface area (Å²) in [5, 5.41) is 6.47. The molecule has 0 unspecified atom stereocenters. The maximum absolute atomic E-state index is 4.22. The summed E-state index contributed by atoms with van der Waals surface area (Å²) in [4.78, 5) is 8.36. The highest BCUT2D eigenvalue weighted by Crippen LogP contribution is 2.20. The first kappa shape index (κ1) is 12.4. The van der Waals surface area contributed by atoms with Gasteiger partial charge < -0.3 is 10.6 Å². The van der Waals surface area contributed by atoms with Crippen LogP contribution in [0.15, 0.2) is 30.6 Å². The SMILES string of the molecule is CCNc1cc(Nc2ccc(C)cc2C)ncn1. The highest BCUT2D eigenvalue weighted by Gasteiger charge is 2.01. The lowest BCUT2D eigenvalue weighted by atomic mass is 10.1. The molecule has 2 aromatic rings. The van der Waals surface area contributed by atoms with Crippen molar-refractivity contribution in [3.05, 3.63) is 41.7 Å². The average Bonchev–Trinajstić information content (AvgIpc) is 2.34. The Kier molecular flexibility index (Phi) is 3.77. The Morgan fingerprint density at radius 3 is 2.56 bits per heavy atom. The van der Waals surface area contributed by atoms with E-state index in [1.165, 1.54) is 11.1 Å². The van der Waals surface area contributed by atoms with Crippen molar-refractivity contribution in [3.8, 4) is 0 Å². The number of hydrogen-bond acceptors (Lipinski definition) is 4. The fraction of sp³-hybridized carbons (Fsp3) is 0.286. The molecule has 0 saturated carbocycles. The number of rotatable bonds is 4. The summed E-state index contributed by atoms with van der Waals surface area (Å²) >= 11 is 0. The molecule has 4 heteroatoms. The normalized spacial score (nSPS) is 10.2. The predicted octanol–water partition coefficient (Wildman–Crippen LogP) is 3.27. The molecule has 0 saturated heterocycles. The molecule has 2 rings (SSSR count). The lowest BCUT2D eigenvalue weighted by Crippen LogP contribution is -2.02. The predicted molar refractivity (Wildman–Crippen MR) is 75.4 cm³/mol. The van der Waals surface area contributed by atoms with Crippen LogP contribution >= 0.6 is 0 Å². The van der Waals surface area contributed by atoms with E-state index in [2.05, 4.69) is 52.6 Å². The minimum absolute atomic E-state index is 0.799. The van der Waals surface area contributed by atoms with Crippen LogP contribution in [-0.4, -0.2) is 16.5 Å². The number of anilines is 3. The molecule has 0 radical (unpaired) electrons. The van der Waals surface area contributed by atoms with Crippen molar-refractivity contribution in [1.29, 1.82) is 0 Å². The molecule has 18 heavy (non-hydrogen) atoms. The Morgan fingerprint density at radius 2 is 1.83 bits per heavy atom. The van der Waals surface area contributed by atoms with Crippen LogP contribution in [0.1, 0.15) is 18.1 Å². The first-order valence-corrected chi connectivity index (χ1v) is 6.09. The minimum Gasteiger partial charge on any atom is -0.370 e. The van der Waals surface area contributed by atoms with Crippen LogP contribution < -0.4 is 10.6 Å². The summed E-state index contributed by atoms with van der Waals surface area (Å²) in [5.41, 5.74) is 3.54. The van der Waals surface area contributed by atoms with Gasteiger partial charge in [-0.3, -0.25) is 0 Å². The van der Waals surface area contributed by atoms with E-state index in [9.17, 15) is 0 Å². The van der Waals surface area contributed by atoms with Gasteiger partial charge in [-0.05, 0) is 32.4 Å². The third-order valence-electron chi connectivity index (χ3n) is 2.67. The van der Waals surface area contributed by atoms with Gasteiger partial charge in [0.15, 0.2) is 0 Å². The Morgan fingerprint density at radius 1 is 1.06 bits per heavy atom. The van der Waals surface area contributed by atoms with Crippen LogP contribution in [0.25, 0.3) is 0 Å². The van der Waals surface area contributed by atoms with Crippen LogP contribution in [0.2, 0.25) is 0 Å². The van der Waals surface area contributed by atoms with Gasteiger partial charge >= 0.3 is 0 Å². The van der Waals surface area contributed by atoms with E-state index in [0.717, 1.165) is 23.9 Å². The van der Waals surface area contributed by atoms with Gasteiger partial charge in [-0.2, -0.15) is 0 Å². The number of aromatic nitrogens is 2. The van der Waals surface area contributed by atoms with Crippen molar-refractivity contribution in [2.24, 2.45) is 0 Å².